The maximum atomic E-state index is 12.4. The predicted molar refractivity (Wildman–Crippen MR) is 93.8 cm³/mol. The second kappa shape index (κ2) is 7.25. The molecule has 0 radical (unpaired) electrons. The van der Waals surface area contributed by atoms with Crippen LogP contribution in [-0.4, -0.2) is 40.6 Å². The van der Waals surface area contributed by atoms with Crippen LogP contribution in [0.25, 0.3) is 0 Å². The number of amides is 2. The quantitative estimate of drug-likeness (QED) is 0.870. The van der Waals surface area contributed by atoms with Crippen LogP contribution in [0.2, 0.25) is 0 Å². The number of ketones is 1. The number of Topliss-reactive ketones (excluding diaryl/α,β-unsaturated/α-hetero) is 1. The fourth-order valence-corrected chi connectivity index (χ4v) is 2.77. The number of benzene rings is 1. The summed E-state index contributed by atoms with van der Waals surface area (Å²) in [5.41, 5.74) is 1.79. The molecule has 2 amide bonds. The fourth-order valence-electron chi connectivity index (χ4n) is 2.77. The van der Waals surface area contributed by atoms with Gasteiger partial charge in [-0.25, -0.2) is 0 Å². The number of hydrogen-bond acceptors (Lipinski definition) is 4. The zero-order chi connectivity index (χ0) is 17.8. The monoisotopic (exact) mass is 337 g/mol. The molecular weight excluding hydrogens is 318 g/mol. The number of nitrogens with one attached hydrogen (secondary N) is 1. The molecule has 1 aromatic heterocycles. The van der Waals surface area contributed by atoms with E-state index in [0.29, 0.717) is 16.8 Å². The highest BCUT2D eigenvalue weighted by Crippen LogP contribution is 2.15. The highest BCUT2D eigenvalue weighted by molar-refractivity contribution is 6.05. The van der Waals surface area contributed by atoms with Gasteiger partial charge in [0.1, 0.15) is 5.69 Å². The first kappa shape index (κ1) is 16.8. The number of carbonyl (C=O) groups excluding carboxylic acids is 3. The Morgan fingerprint density at radius 1 is 1.00 bits per heavy atom. The zero-order valence-electron chi connectivity index (χ0n) is 14.0. The first-order valence-electron chi connectivity index (χ1n) is 8.22. The Labute approximate surface area is 145 Å². The van der Waals surface area contributed by atoms with Crippen molar-refractivity contribution in [3.8, 4) is 0 Å². The largest absolute Gasteiger partial charge is 0.339 e. The second-order valence-electron chi connectivity index (χ2n) is 6.02. The van der Waals surface area contributed by atoms with Crippen molar-refractivity contribution in [1.82, 2.24) is 9.88 Å². The van der Waals surface area contributed by atoms with E-state index in [1.807, 2.05) is 0 Å². The molecule has 0 bridgehead atoms. The maximum Gasteiger partial charge on any atom is 0.274 e. The number of pyridine rings is 1. The van der Waals surface area contributed by atoms with E-state index in [0.717, 1.165) is 25.9 Å². The van der Waals surface area contributed by atoms with Crippen LogP contribution in [0.1, 0.15) is 51.0 Å². The van der Waals surface area contributed by atoms with Crippen LogP contribution in [0.3, 0.4) is 0 Å². The second-order valence-corrected chi connectivity index (χ2v) is 6.02. The van der Waals surface area contributed by atoms with Crippen LogP contribution in [0.4, 0.5) is 5.69 Å². The molecule has 1 aromatic carbocycles. The van der Waals surface area contributed by atoms with Gasteiger partial charge in [-0.15, -0.1) is 0 Å². The van der Waals surface area contributed by atoms with Crippen LogP contribution >= 0.6 is 0 Å². The smallest absolute Gasteiger partial charge is 0.274 e. The maximum absolute atomic E-state index is 12.4. The third-order valence-corrected chi connectivity index (χ3v) is 4.18. The molecule has 6 nitrogen and oxygen atoms in total. The summed E-state index contributed by atoms with van der Waals surface area (Å²) in [6, 6.07) is 9.76. The molecule has 0 saturated carbocycles. The molecule has 1 aliphatic heterocycles. The summed E-state index contributed by atoms with van der Waals surface area (Å²) < 4.78 is 0. The third kappa shape index (κ3) is 3.91. The SMILES string of the molecule is CC(=O)c1ccc(NC(=O)c2cc(C(=O)N3CCCC3)ccn2)cc1. The van der Waals surface area contributed by atoms with E-state index in [4.69, 9.17) is 0 Å². The Kier molecular flexibility index (Phi) is 4.88. The van der Waals surface area contributed by atoms with Crippen LogP contribution < -0.4 is 5.32 Å². The van der Waals surface area contributed by atoms with Gasteiger partial charge in [0.15, 0.2) is 5.78 Å². The summed E-state index contributed by atoms with van der Waals surface area (Å²) in [5, 5.41) is 2.72. The number of likely N-dealkylation sites (tertiary alicyclic amines) is 1. The molecular formula is C19H19N3O3. The molecule has 0 aliphatic carbocycles. The van der Waals surface area contributed by atoms with Crippen molar-refractivity contribution in [3.05, 3.63) is 59.4 Å². The molecule has 0 spiro atoms. The Bertz CT molecular complexity index is 809. The van der Waals surface area contributed by atoms with Gasteiger partial charge in [-0.2, -0.15) is 0 Å². The standard InChI is InChI=1S/C19H19N3O3/c1-13(23)14-4-6-16(7-5-14)21-18(24)17-12-15(8-9-20-17)19(25)22-10-2-3-11-22/h4-9,12H,2-3,10-11H2,1H3,(H,21,24). The van der Waals surface area contributed by atoms with Crippen molar-refractivity contribution in [2.24, 2.45) is 0 Å². The Morgan fingerprint density at radius 2 is 1.68 bits per heavy atom. The van der Waals surface area contributed by atoms with E-state index < -0.39 is 5.91 Å². The summed E-state index contributed by atoms with van der Waals surface area (Å²) in [7, 11) is 0. The molecule has 1 N–H and O–H groups in total. The highest BCUT2D eigenvalue weighted by atomic mass is 16.2. The van der Waals surface area contributed by atoms with Crippen LogP contribution in [0.5, 0.6) is 0 Å². The van der Waals surface area contributed by atoms with E-state index in [1.54, 1.807) is 35.2 Å². The van der Waals surface area contributed by atoms with Gasteiger partial charge in [-0.3, -0.25) is 19.4 Å². The van der Waals surface area contributed by atoms with Crippen LogP contribution in [0.15, 0.2) is 42.6 Å². The van der Waals surface area contributed by atoms with Gasteiger partial charge in [0.25, 0.3) is 11.8 Å². The Morgan fingerprint density at radius 3 is 2.32 bits per heavy atom. The molecule has 0 unspecified atom stereocenters. The number of nitrogens with zero attached hydrogens (tertiary/aromatic N) is 2. The van der Waals surface area contributed by atoms with Crippen molar-refractivity contribution < 1.29 is 14.4 Å². The summed E-state index contributed by atoms with van der Waals surface area (Å²) >= 11 is 0. The number of carbonyl (C=O) groups is 3. The van der Waals surface area contributed by atoms with Crippen molar-refractivity contribution in [3.63, 3.8) is 0 Å². The normalized spacial score (nSPS) is 13.6. The lowest BCUT2D eigenvalue weighted by atomic mass is 10.1. The first-order chi connectivity index (χ1) is 12.0. The van der Waals surface area contributed by atoms with Gasteiger partial charge in [-0.05, 0) is 56.2 Å². The van der Waals surface area contributed by atoms with Crippen molar-refractivity contribution in [2.45, 2.75) is 19.8 Å². The minimum absolute atomic E-state index is 0.0346. The molecule has 128 valence electrons. The van der Waals surface area contributed by atoms with E-state index in [9.17, 15) is 14.4 Å². The fraction of sp³-hybridized carbons (Fsp3) is 0.263. The summed E-state index contributed by atoms with van der Waals surface area (Å²) in [6.07, 6.45) is 3.50. The zero-order valence-corrected chi connectivity index (χ0v) is 14.0. The van der Waals surface area contributed by atoms with E-state index >= 15 is 0 Å². The molecule has 2 aromatic rings. The summed E-state index contributed by atoms with van der Waals surface area (Å²) in [4.78, 5) is 41.9. The minimum Gasteiger partial charge on any atom is -0.339 e. The molecule has 1 fully saturated rings. The van der Waals surface area contributed by atoms with E-state index in [2.05, 4.69) is 10.3 Å². The van der Waals surface area contributed by atoms with Gasteiger partial charge >= 0.3 is 0 Å². The predicted octanol–water partition coefficient (Wildman–Crippen LogP) is 2.77. The van der Waals surface area contributed by atoms with Crippen molar-refractivity contribution in [2.75, 3.05) is 18.4 Å². The molecule has 1 saturated heterocycles. The average molecular weight is 337 g/mol. The molecule has 2 heterocycles. The lowest BCUT2D eigenvalue weighted by Gasteiger charge is -2.15. The highest BCUT2D eigenvalue weighted by Gasteiger charge is 2.20. The third-order valence-electron chi connectivity index (χ3n) is 4.18. The van der Waals surface area contributed by atoms with Crippen LogP contribution in [0, 0.1) is 0 Å². The Hall–Kier alpha value is -3.02. The van der Waals surface area contributed by atoms with Gasteiger partial charge in [0.2, 0.25) is 0 Å². The van der Waals surface area contributed by atoms with E-state index in [1.165, 1.54) is 19.2 Å². The van der Waals surface area contributed by atoms with Gasteiger partial charge in [-0.1, -0.05) is 0 Å². The topological polar surface area (TPSA) is 79.4 Å². The van der Waals surface area contributed by atoms with Gasteiger partial charge in [0.05, 0.1) is 0 Å². The van der Waals surface area contributed by atoms with Gasteiger partial charge in [0, 0.05) is 36.1 Å². The first-order valence-corrected chi connectivity index (χ1v) is 8.22. The molecule has 6 heteroatoms. The molecule has 0 atom stereocenters. The van der Waals surface area contributed by atoms with E-state index in [-0.39, 0.29) is 17.4 Å². The summed E-state index contributed by atoms with van der Waals surface area (Å²) in [5.74, 6) is -0.501. The molecule has 25 heavy (non-hydrogen) atoms. The van der Waals surface area contributed by atoms with Crippen LogP contribution in [-0.2, 0) is 0 Å². The lowest BCUT2D eigenvalue weighted by molar-refractivity contribution is 0.0792. The van der Waals surface area contributed by atoms with Crippen molar-refractivity contribution in [1.29, 1.82) is 0 Å². The van der Waals surface area contributed by atoms with Gasteiger partial charge < -0.3 is 10.2 Å². The van der Waals surface area contributed by atoms with Crippen molar-refractivity contribution >= 4 is 23.3 Å². The molecule has 1 aliphatic rings. The number of rotatable bonds is 4. The number of hydrogen-bond donors (Lipinski definition) is 1. The number of anilines is 1. The Balaban J connectivity index is 1.72. The average Bonchev–Trinajstić information content (AvgIpc) is 3.16. The minimum atomic E-state index is -0.397. The number of aromatic nitrogens is 1. The molecule has 3 rings (SSSR count). The summed E-state index contributed by atoms with van der Waals surface area (Å²) in [6.45, 7) is 3.00. The lowest BCUT2D eigenvalue weighted by Crippen LogP contribution is -2.28.